The van der Waals surface area contributed by atoms with Crippen LogP contribution in [0.1, 0.15) is 33.6 Å². The number of hydrogen-bond acceptors (Lipinski definition) is 6. The average Bonchev–Trinajstić information content (AvgIpc) is 2.92. The van der Waals surface area contributed by atoms with Crippen molar-refractivity contribution >= 4 is 18.7 Å². The lowest BCUT2D eigenvalue weighted by atomic mass is 10.2. The zero-order valence-electron chi connectivity index (χ0n) is 13.7. The summed E-state index contributed by atoms with van der Waals surface area (Å²) < 4.78 is 10.6. The Bertz CT molecular complexity index is 662. The quantitative estimate of drug-likeness (QED) is 0.861. The first kappa shape index (κ1) is 17.3. The van der Waals surface area contributed by atoms with E-state index in [1.807, 2.05) is 52.0 Å². The van der Waals surface area contributed by atoms with Crippen molar-refractivity contribution in [2.24, 2.45) is 0 Å². The predicted molar refractivity (Wildman–Crippen MR) is 89.3 cm³/mol. The van der Waals surface area contributed by atoms with E-state index in [0.717, 1.165) is 10.5 Å². The van der Waals surface area contributed by atoms with Gasteiger partial charge in [0.25, 0.3) is 0 Å². The fraction of sp³-hybridized carbons (Fsp3) is 0.438. The Labute approximate surface area is 141 Å². The standard InChI is InChI=1S/C16H21N3O3S/c1-5-19(15(20)21-16(2,3)4)10-13-17-14(18-22-13)11-6-8-12(23)9-7-11/h6-9,23H,5,10H2,1-4H3. The number of aromatic nitrogens is 2. The third-order valence-electron chi connectivity index (χ3n) is 2.95. The third kappa shape index (κ3) is 4.99. The normalized spacial score (nSPS) is 11.3. The van der Waals surface area contributed by atoms with Gasteiger partial charge in [0.1, 0.15) is 12.1 Å². The third-order valence-corrected chi connectivity index (χ3v) is 3.25. The summed E-state index contributed by atoms with van der Waals surface area (Å²) >= 11 is 4.24. The van der Waals surface area contributed by atoms with Gasteiger partial charge in [0, 0.05) is 17.0 Å². The summed E-state index contributed by atoms with van der Waals surface area (Å²) in [5, 5.41) is 3.95. The molecule has 0 saturated carbocycles. The zero-order valence-corrected chi connectivity index (χ0v) is 14.6. The van der Waals surface area contributed by atoms with Crippen LogP contribution in [0.5, 0.6) is 0 Å². The van der Waals surface area contributed by atoms with Gasteiger partial charge in [-0.15, -0.1) is 12.6 Å². The molecule has 0 aliphatic carbocycles. The molecule has 0 N–H and O–H groups in total. The number of thiol groups is 1. The number of nitrogens with zero attached hydrogens (tertiary/aromatic N) is 3. The van der Waals surface area contributed by atoms with Crippen LogP contribution in [0.3, 0.4) is 0 Å². The molecule has 0 spiro atoms. The molecule has 124 valence electrons. The van der Waals surface area contributed by atoms with E-state index >= 15 is 0 Å². The zero-order chi connectivity index (χ0) is 17.0. The molecule has 0 radical (unpaired) electrons. The Morgan fingerprint density at radius 3 is 2.52 bits per heavy atom. The summed E-state index contributed by atoms with van der Waals surface area (Å²) in [4.78, 5) is 18.8. The second kappa shape index (κ2) is 7.04. The fourth-order valence-corrected chi connectivity index (χ4v) is 1.99. The molecular weight excluding hydrogens is 314 g/mol. The summed E-state index contributed by atoms with van der Waals surface area (Å²) in [6, 6.07) is 7.44. The molecule has 2 aromatic rings. The first-order chi connectivity index (χ1) is 10.8. The maximum atomic E-state index is 12.1. The van der Waals surface area contributed by atoms with Crippen molar-refractivity contribution in [1.29, 1.82) is 0 Å². The van der Waals surface area contributed by atoms with Crippen LogP contribution in [0.25, 0.3) is 11.4 Å². The number of amides is 1. The van der Waals surface area contributed by atoms with Crippen LogP contribution in [0.2, 0.25) is 0 Å². The Hall–Kier alpha value is -2.02. The summed E-state index contributed by atoms with van der Waals surface area (Å²) in [6.45, 7) is 8.05. The minimum atomic E-state index is -0.543. The average molecular weight is 335 g/mol. The lowest BCUT2D eigenvalue weighted by Crippen LogP contribution is -2.36. The van der Waals surface area contributed by atoms with Gasteiger partial charge < -0.3 is 9.26 Å². The molecule has 1 aromatic heterocycles. The van der Waals surface area contributed by atoms with Gasteiger partial charge in [0.15, 0.2) is 0 Å². The lowest BCUT2D eigenvalue weighted by Gasteiger charge is -2.25. The van der Waals surface area contributed by atoms with E-state index in [0.29, 0.717) is 18.3 Å². The van der Waals surface area contributed by atoms with Gasteiger partial charge in [-0.1, -0.05) is 5.16 Å². The monoisotopic (exact) mass is 335 g/mol. The minimum Gasteiger partial charge on any atom is -0.444 e. The molecule has 6 nitrogen and oxygen atoms in total. The van der Waals surface area contributed by atoms with Crippen molar-refractivity contribution in [1.82, 2.24) is 15.0 Å². The molecule has 0 aliphatic heterocycles. The molecular formula is C16H21N3O3S. The van der Waals surface area contributed by atoms with Crippen molar-refractivity contribution in [2.75, 3.05) is 6.54 Å². The lowest BCUT2D eigenvalue weighted by molar-refractivity contribution is 0.0226. The van der Waals surface area contributed by atoms with Gasteiger partial charge in [-0.3, -0.25) is 4.90 Å². The molecule has 23 heavy (non-hydrogen) atoms. The van der Waals surface area contributed by atoms with Gasteiger partial charge in [-0.25, -0.2) is 4.79 Å². The molecule has 7 heteroatoms. The van der Waals surface area contributed by atoms with Crippen LogP contribution in [-0.2, 0) is 11.3 Å². The van der Waals surface area contributed by atoms with Gasteiger partial charge in [0.05, 0.1) is 0 Å². The maximum Gasteiger partial charge on any atom is 0.410 e. The van der Waals surface area contributed by atoms with Gasteiger partial charge in [-0.2, -0.15) is 4.98 Å². The SMILES string of the molecule is CCN(Cc1nc(-c2ccc(S)cc2)no1)C(=O)OC(C)(C)C. The van der Waals surface area contributed by atoms with Crippen LogP contribution >= 0.6 is 12.6 Å². The van der Waals surface area contributed by atoms with E-state index in [9.17, 15) is 4.79 Å². The topological polar surface area (TPSA) is 68.5 Å². The highest BCUT2D eigenvalue weighted by atomic mass is 32.1. The molecule has 1 heterocycles. The Kier molecular flexibility index (Phi) is 5.30. The van der Waals surface area contributed by atoms with E-state index in [1.54, 1.807) is 0 Å². The molecule has 0 atom stereocenters. The first-order valence-electron chi connectivity index (χ1n) is 7.38. The number of hydrogen-bond donors (Lipinski definition) is 1. The minimum absolute atomic E-state index is 0.211. The first-order valence-corrected chi connectivity index (χ1v) is 7.83. The summed E-state index contributed by atoms with van der Waals surface area (Å²) in [5.74, 6) is 0.844. The van der Waals surface area contributed by atoms with E-state index in [-0.39, 0.29) is 6.54 Å². The van der Waals surface area contributed by atoms with E-state index < -0.39 is 11.7 Å². The van der Waals surface area contributed by atoms with Crippen molar-refractivity contribution in [3.63, 3.8) is 0 Å². The Morgan fingerprint density at radius 1 is 1.30 bits per heavy atom. The highest BCUT2D eigenvalue weighted by Crippen LogP contribution is 2.19. The van der Waals surface area contributed by atoms with Crippen LogP contribution in [0.4, 0.5) is 4.79 Å². The molecule has 0 bridgehead atoms. The van der Waals surface area contributed by atoms with Crippen molar-refractivity contribution in [3.05, 3.63) is 30.2 Å². The molecule has 2 rings (SSSR count). The summed E-state index contributed by atoms with van der Waals surface area (Å²) in [5.41, 5.74) is 0.289. The Balaban J connectivity index is 2.07. The van der Waals surface area contributed by atoms with E-state index in [2.05, 4.69) is 22.8 Å². The smallest absolute Gasteiger partial charge is 0.410 e. The highest BCUT2D eigenvalue weighted by molar-refractivity contribution is 7.80. The molecule has 0 fully saturated rings. The van der Waals surface area contributed by atoms with Gasteiger partial charge in [-0.05, 0) is 52.0 Å². The Morgan fingerprint density at radius 2 is 1.96 bits per heavy atom. The van der Waals surface area contributed by atoms with E-state index in [4.69, 9.17) is 9.26 Å². The van der Waals surface area contributed by atoms with Crippen molar-refractivity contribution in [2.45, 2.75) is 44.7 Å². The molecule has 0 saturated heterocycles. The second-order valence-electron chi connectivity index (χ2n) is 6.05. The molecule has 0 unspecified atom stereocenters. The summed E-state index contributed by atoms with van der Waals surface area (Å²) in [7, 11) is 0. The fourth-order valence-electron chi connectivity index (χ4n) is 1.84. The predicted octanol–water partition coefficient (Wildman–Crippen LogP) is 3.78. The number of ether oxygens (including phenoxy) is 1. The number of carbonyl (C=O) groups is 1. The van der Waals surface area contributed by atoms with Crippen molar-refractivity contribution in [3.8, 4) is 11.4 Å². The number of benzene rings is 1. The molecule has 1 amide bonds. The second-order valence-corrected chi connectivity index (χ2v) is 6.57. The van der Waals surface area contributed by atoms with Gasteiger partial charge >= 0.3 is 6.09 Å². The van der Waals surface area contributed by atoms with Crippen LogP contribution < -0.4 is 0 Å². The molecule has 1 aromatic carbocycles. The van der Waals surface area contributed by atoms with Crippen LogP contribution in [0.15, 0.2) is 33.7 Å². The number of carbonyl (C=O) groups excluding carboxylic acids is 1. The summed E-state index contributed by atoms with van der Waals surface area (Å²) in [6.07, 6.45) is -0.404. The maximum absolute atomic E-state index is 12.1. The van der Waals surface area contributed by atoms with Crippen LogP contribution in [-0.4, -0.2) is 33.3 Å². The van der Waals surface area contributed by atoms with Gasteiger partial charge in [0.2, 0.25) is 11.7 Å². The highest BCUT2D eigenvalue weighted by Gasteiger charge is 2.23. The van der Waals surface area contributed by atoms with Crippen LogP contribution in [0, 0.1) is 0 Å². The number of rotatable bonds is 4. The molecule has 0 aliphatic rings. The van der Waals surface area contributed by atoms with E-state index in [1.165, 1.54) is 4.90 Å². The van der Waals surface area contributed by atoms with Crippen molar-refractivity contribution < 1.29 is 14.1 Å². The largest absolute Gasteiger partial charge is 0.444 e.